The van der Waals surface area contributed by atoms with E-state index < -0.39 is 5.91 Å². The molecule has 0 saturated carbocycles. The van der Waals surface area contributed by atoms with Crippen molar-refractivity contribution in [3.8, 4) is 0 Å². The van der Waals surface area contributed by atoms with E-state index in [4.69, 9.17) is 18.0 Å². The van der Waals surface area contributed by atoms with Gasteiger partial charge in [0.1, 0.15) is 5.00 Å². The van der Waals surface area contributed by atoms with Crippen LogP contribution in [0.4, 0.5) is 5.00 Å². The average molecular weight is 424 g/mol. The maximum Gasteiger partial charge on any atom is 0.251 e. The number of thiophene rings is 1. The molecular formula is C22H21N3O2S2. The van der Waals surface area contributed by atoms with Gasteiger partial charge in [-0.1, -0.05) is 60.7 Å². The summed E-state index contributed by atoms with van der Waals surface area (Å²) in [7, 11) is 0. The zero-order valence-corrected chi connectivity index (χ0v) is 17.5. The van der Waals surface area contributed by atoms with E-state index in [1.807, 2.05) is 67.6 Å². The Bertz CT molecular complexity index is 1030. The number of carbonyl (C=O) groups excluding carboxylic acids is 2. The summed E-state index contributed by atoms with van der Waals surface area (Å²) in [4.78, 5) is 25.2. The smallest absolute Gasteiger partial charge is 0.251 e. The molecule has 4 N–H and O–H groups in total. The van der Waals surface area contributed by atoms with Crippen molar-refractivity contribution in [2.75, 3.05) is 5.32 Å². The summed E-state index contributed by atoms with van der Waals surface area (Å²) in [5, 5.41) is 6.32. The van der Waals surface area contributed by atoms with Crippen LogP contribution in [-0.2, 0) is 17.6 Å². The first-order chi connectivity index (χ1) is 13.9. The topological polar surface area (TPSA) is 84.2 Å². The van der Waals surface area contributed by atoms with Gasteiger partial charge >= 0.3 is 0 Å². The number of benzene rings is 2. The third kappa shape index (κ3) is 5.49. The predicted molar refractivity (Wildman–Crippen MR) is 121 cm³/mol. The molecule has 5 nitrogen and oxygen atoms in total. The Morgan fingerprint density at radius 2 is 1.59 bits per heavy atom. The van der Waals surface area contributed by atoms with E-state index >= 15 is 0 Å². The van der Waals surface area contributed by atoms with Crippen LogP contribution in [0.2, 0.25) is 0 Å². The Balaban J connectivity index is 1.72. The molecule has 3 rings (SSSR count). The van der Waals surface area contributed by atoms with Crippen molar-refractivity contribution < 1.29 is 9.59 Å². The Morgan fingerprint density at radius 1 is 1.00 bits per heavy atom. The Kier molecular flexibility index (Phi) is 6.74. The molecule has 2 amide bonds. The number of nitrogens with two attached hydrogens (primary N) is 1. The van der Waals surface area contributed by atoms with Gasteiger partial charge in [-0.15, -0.1) is 11.3 Å². The zero-order valence-electron chi connectivity index (χ0n) is 15.9. The Morgan fingerprint density at radius 3 is 2.17 bits per heavy atom. The lowest BCUT2D eigenvalue weighted by molar-refractivity contribution is -0.119. The first-order valence-electron chi connectivity index (χ1n) is 9.04. The molecule has 0 unspecified atom stereocenters. The fourth-order valence-corrected chi connectivity index (χ4v) is 4.51. The zero-order chi connectivity index (χ0) is 20.8. The van der Waals surface area contributed by atoms with Crippen molar-refractivity contribution in [2.24, 2.45) is 5.73 Å². The summed E-state index contributed by atoms with van der Waals surface area (Å²) < 4.78 is 0. The molecule has 0 radical (unpaired) electrons. The van der Waals surface area contributed by atoms with Gasteiger partial charge in [0.15, 0.2) is 5.11 Å². The number of rotatable bonds is 6. The molecular weight excluding hydrogens is 402 g/mol. The van der Waals surface area contributed by atoms with Crippen LogP contribution in [0.5, 0.6) is 0 Å². The maximum atomic E-state index is 12.2. The number of hydrogen-bond acceptors (Lipinski definition) is 4. The average Bonchev–Trinajstić information content (AvgIpc) is 2.98. The highest BCUT2D eigenvalue weighted by Gasteiger charge is 2.20. The number of amides is 2. The van der Waals surface area contributed by atoms with Crippen LogP contribution >= 0.6 is 23.6 Å². The second kappa shape index (κ2) is 9.45. The molecule has 29 heavy (non-hydrogen) atoms. The molecule has 0 aliphatic carbocycles. The number of anilines is 1. The minimum absolute atomic E-state index is 0.140. The van der Waals surface area contributed by atoms with Crippen LogP contribution in [0, 0.1) is 6.92 Å². The summed E-state index contributed by atoms with van der Waals surface area (Å²) >= 11 is 6.69. The minimum Gasteiger partial charge on any atom is -0.365 e. The van der Waals surface area contributed by atoms with E-state index in [1.54, 1.807) is 0 Å². The number of primary amides is 1. The molecule has 0 fully saturated rings. The second-order valence-electron chi connectivity index (χ2n) is 6.55. The highest BCUT2D eigenvalue weighted by molar-refractivity contribution is 7.80. The maximum absolute atomic E-state index is 12.2. The van der Waals surface area contributed by atoms with E-state index in [1.165, 1.54) is 11.3 Å². The van der Waals surface area contributed by atoms with Crippen molar-refractivity contribution in [3.05, 3.63) is 87.8 Å². The Hall–Kier alpha value is -3.03. The van der Waals surface area contributed by atoms with Crippen LogP contribution in [0.15, 0.2) is 60.7 Å². The minimum atomic E-state index is -0.529. The predicted octanol–water partition coefficient (Wildman–Crippen LogP) is 3.80. The molecule has 0 spiro atoms. The molecule has 7 heteroatoms. The fraction of sp³-hybridized carbons (Fsp3) is 0.136. The standard InChI is InChI=1S/C22H21N3O2S2/c1-14-17(12-15-8-4-2-5-9-15)29-21(19(14)20(23)27)25-22(28)24-18(26)13-16-10-6-3-7-11-16/h2-11H,12-13H2,1H3,(H2,23,27)(H2,24,25,26,28). The molecule has 0 aliphatic heterocycles. The highest BCUT2D eigenvalue weighted by Crippen LogP contribution is 2.34. The molecule has 0 saturated heterocycles. The molecule has 0 bridgehead atoms. The van der Waals surface area contributed by atoms with Crippen LogP contribution in [0.1, 0.15) is 31.9 Å². The van der Waals surface area contributed by atoms with Gasteiger partial charge in [0, 0.05) is 11.3 Å². The molecule has 0 atom stereocenters. The molecule has 2 aromatic carbocycles. The van der Waals surface area contributed by atoms with Gasteiger partial charge < -0.3 is 16.4 Å². The monoisotopic (exact) mass is 423 g/mol. The highest BCUT2D eigenvalue weighted by atomic mass is 32.1. The quantitative estimate of drug-likeness (QED) is 0.527. The van der Waals surface area contributed by atoms with Crippen molar-refractivity contribution in [3.63, 3.8) is 0 Å². The van der Waals surface area contributed by atoms with Gasteiger partial charge in [-0.05, 0) is 35.8 Å². The summed E-state index contributed by atoms with van der Waals surface area (Å²) in [6, 6.07) is 19.4. The van der Waals surface area contributed by atoms with E-state index in [0.29, 0.717) is 17.0 Å². The van der Waals surface area contributed by atoms with Crippen molar-refractivity contribution >= 4 is 45.5 Å². The van der Waals surface area contributed by atoms with Crippen LogP contribution in [-0.4, -0.2) is 16.9 Å². The van der Waals surface area contributed by atoms with Crippen molar-refractivity contribution in [1.82, 2.24) is 5.32 Å². The van der Waals surface area contributed by atoms with Gasteiger partial charge in [-0.2, -0.15) is 0 Å². The third-order valence-corrected chi connectivity index (χ3v) is 5.80. The van der Waals surface area contributed by atoms with Gasteiger partial charge in [0.2, 0.25) is 5.91 Å². The van der Waals surface area contributed by atoms with E-state index in [0.717, 1.165) is 21.6 Å². The molecule has 3 aromatic rings. The van der Waals surface area contributed by atoms with E-state index in [2.05, 4.69) is 10.6 Å². The first-order valence-corrected chi connectivity index (χ1v) is 10.3. The van der Waals surface area contributed by atoms with Crippen molar-refractivity contribution in [2.45, 2.75) is 19.8 Å². The number of thiocarbonyl (C=S) groups is 1. The second-order valence-corrected chi connectivity index (χ2v) is 8.06. The summed E-state index contributed by atoms with van der Waals surface area (Å²) in [6.07, 6.45) is 0.903. The van der Waals surface area contributed by atoms with Crippen LogP contribution < -0.4 is 16.4 Å². The largest absolute Gasteiger partial charge is 0.365 e. The SMILES string of the molecule is Cc1c(Cc2ccccc2)sc(NC(=S)NC(=O)Cc2ccccc2)c1C(N)=O. The van der Waals surface area contributed by atoms with Crippen LogP contribution in [0.25, 0.3) is 0 Å². The summed E-state index contributed by atoms with van der Waals surface area (Å²) in [5.41, 5.74) is 8.86. The number of hydrogen-bond donors (Lipinski definition) is 3. The molecule has 1 heterocycles. The molecule has 0 aliphatic rings. The first kappa shape index (κ1) is 20.7. The van der Waals surface area contributed by atoms with E-state index in [9.17, 15) is 9.59 Å². The normalized spacial score (nSPS) is 10.4. The van der Waals surface area contributed by atoms with Crippen LogP contribution in [0.3, 0.4) is 0 Å². The Labute approximate surface area is 178 Å². The van der Waals surface area contributed by atoms with Gasteiger partial charge in [0.25, 0.3) is 5.91 Å². The lowest BCUT2D eigenvalue weighted by atomic mass is 10.1. The fourth-order valence-electron chi connectivity index (χ4n) is 2.98. The third-order valence-electron chi connectivity index (χ3n) is 4.39. The van der Waals surface area contributed by atoms with E-state index in [-0.39, 0.29) is 17.4 Å². The lowest BCUT2D eigenvalue weighted by Crippen LogP contribution is -2.35. The number of nitrogens with one attached hydrogen (secondary N) is 2. The summed E-state index contributed by atoms with van der Waals surface area (Å²) in [5.74, 6) is -0.758. The molecule has 148 valence electrons. The van der Waals surface area contributed by atoms with Gasteiger partial charge in [0.05, 0.1) is 12.0 Å². The summed E-state index contributed by atoms with van der Waals surface area (Å²) in [6.45, 7) is 1.87. The number of carbonyl (C=O) groups is 2. The van der Waals surface area contributed by atoms with Crippen molar-refractivity contribution in [1.29, 1.82) is 0 Å². The van der Waals surface area contributed by atoms with Gasteiger partial charge in [-0.3, -0.25) is 9.59 Å². The molecule has 1 aromatic heterocycles. The lowest BCUT2D eigenvalue weighted by Gasteiger charge is -2.09. The van der Waals surface area contributed by atoms with Gasteiger partial charge in [-0.25, -0.2) is 0 Å².